The van der Waals surface area contributed by atoms with E-state index in [2.05, 4.69) is 30.7 Å². The van der Waals surface area contributed by atoms with Crippen LogP contribution in [0.2, 0.25) is 0 Å². The van der Waals surface area contributed by atoms with Crippen LogP contribution in [0.15, 0.2) is 23.0 Å². The molecule has 9 nitrogen and oxygen atoms in total. The number of hydrogen-bond donors (Lipinski definition) is 2. The van der Waals surface area contributed by atoms with E-state index in [1.807, 2.05) is 0 Å². The van der Waals surface area contributed by atoms with E-state index in [1.165, 1.54) is 17.3 Å². The van der Waals surface area contributed by atoms with Crippen molar-refractivity contribution in [2.45, 2.75) is 25.1 Å². The Labute approximate surface area is 158 Å². The van der Waals surface area contributed by atoms with Gasteiger partial charge in [0.2, 0.25) is 23.4 Å². The number of carbonyl (C=O) groups is 1. The van der Waals surface area contributed by atoms with Gasteiger partial charge < -0.3 is 15.2 Å². The van der Waals surface area contributed by atoms with Gasteiger partial charge in [-0.05, 0) is 6.07 Å². The topological polar surface area (TPSA) is 109 Å². The van der Waals surface area contributed by atoms with Crippen LogP contribution in [0.3, 0.4) is 0 Å². The number of alkyl halides is 3. The molecule has 0 saturated carbocycles. The van der Waals surface area contributed by atoms with Gasteiger partial charge in [0.15, 0.2) is 0 Å². The molecule has 0 bridgehead atoms. The number of rotatable bonds is 7. The lowest BCUT2D eigenvalue weighted by Crippen LogP contribution is -2.57. The average Bonchev–Trinajstić information content (AvgIpc) is 3.16. The van der Waals surface area contributed by atoms with Crippen LogP contribution in [0.4, 0.5) is 13.2 Å². The molecule has 28 heavy (non-hydrogen) atoms. The van der Waals surface area contributed by atoms with Crippen molar-refractivity contribution in [3.05, 3.63) is 24.4 Å². The van der Waals surface area contributed by atoms with Crippen LogP contribution in [0.5, 0.6) is 0 Å². The Morgan fingerprint density at radius 1 is 1.25 bits per heavy atom. The second-order valence-corrected chi connectivity index (χ2v) is 6.23. The van der Waals surface area contributed by atoms with Crippen LogP contribution in [-0.4, -0.2) is 75.9 Å². The highest BCUT2D eigenvalue weighted by molar-refractivity contribution is 5.76. The molecular formula is C16H20F3N7O2. The van der Waals surface area contributed by atoms with Gasteiger partial charge in [-0.15, -0.1) is 0 Å². The summed E-state index contributed by atoms with van der Waals surface area (Å²) in [6.07, 6.45) is -1.32. The molecule has 3 rings (SSSR count). The molecule has 2 aromatic rings. The molecule has 2 N–H and O–H groups in total. The maximum absolute atomic E-state index is 13.3. The monoisotopic (exact) mass is 399 g/mol. The quantitative estimate of drug-likeness (QED) is 0.689. The summed E-state index contributed by atoms with van der Waals surface area (Å²) < 4.78 is 45.0. The molecule has 0 radical (unpaired) electrons. The molecule has 12 heteroatoms. The van der Waals surface area contributed by atoms with Crippen molar-refractivity contribution in [1.82, 2.24) is 35.6 Å². The highest BCUT2D eigenvalue weighted by Crippen LogP contribution is 2.24. The minimum atomic E-state index is -4.41. The fourth-order valence-electron chi connectivity index (χ4n) is 2.83. The minimum absolute atomic E-state index is 0.0661. The fraction of sp³-hybridized carbons (Fsp3) is 0.562. The van der Waals surface area contributed by atoms with E-state index in [1.54, 1.807) is 6.07 Å². The summed E-state index contributed by atoms with van der Waals surface area (Å²) in [5, 5.41) is 9.10. The van der Waals surface area contributed by atoms with E-state index >= 15 is 0 Å². The SMILES string of the molecule is O=C(CCc1nc(-c2ncccn2)no1)NCC(N1CCNCC1)C(F)(F)F. The highest BCUT2D eigenvalue weighted by Gasteiger charge is 2.43. The molecule has 0 aliphatic carbocycles. The van der Waals surface area contributed by atoms with Gasteiger partial charge in [0.1, 0.15) is 6.04 Å². The molecular weight excluding hydrogens is 379 g/mol. The van der Waals surface area contributed by atoms with Crippen molar-refractivity contribution in [3.8, 4) is 11.6 Å². The largest absolute Gasteiger partial charge is 0.405 e. The number of piperazine rings is 1. The number of aromatic nitrogens is 4. The predicted molar refractivity (Wildman–Crippen MR) is 90.9 cm³/mol. The van der Waals surface area contributed by atoms with E-state index in [0.717, 1.165) is 0 Å². The molecule has 1 unspecified atom stereocenters. The Hall–Kier alpha value is -2.60. The van der Waals surface area contributed by atoms with Gasteiger partial charge in [0, 0.05) is 58.0 Å². The lowest BCUT2D eigenvalue weighted by atomic mass is 10.2. The summed E-state index contributed by atoms with van der Waals surface area (Å²) >= 11 is 0. The van der Waals surface area contributed by atoms with E-state index < -0.39 is 24.7 Å². The van der Waals surface area contributed by atoms with Crippen LogP contribution in [0.25, 0.3) is 11.6 Å². The van der Waals surface area contributed by atoms with Gasteiger partial charge in [-0.25, -0.2) is 9.97 Å². The number of hydrogen-bond acceptors (Lipinski definition) is 8. The maximum Gasteiger partial charge on any atom is 0.405 e. The molecule has 1 saturated heterocycles. The molecule has 1 atom stereocenters. The maximum atomic E-state index is 13.3. The zero-order valence-electron chi connectivity index (χ0n) is 14.9. The summed E-state index contributed by atoms with van der Waals surface area (Å²) in [6, 6.07) is -0.0625. The second kappa shape index (κ2) is 9.06. The zero-order valence-corrected chi connectivity index (χ0v) is 14.9. The van der Waals surface area contributed by atoms with E-state index in [4.69, 9.17) is 4.52 Å². The van der Waals surface area contributed by atoms with Crippen LogP contribution >= 0.6 is 0 Å². The Morgan fingerprint density at radius 3 is 2.64 bits per heavy atom. The molecule has 1 fully saturated rings. The third-order valence-corrected chi connectivity index (χ3v) is 4.26. The van der Waals surface area contributed by atoms with Gasteiger partial charge in [0.05, 0.1) is 0 Å². The number of amides is 1. The molecule has 3 heterocycles. The Bertz CT molecular complexity index is 763. The highest BCUT2D eigenvalue weighted by atomic mass is 19.4. The molecule has 0 spiro atoms. The Morgan fingerprint density at radius 2 is 1.96 bits per heavy atom. The Balaban J connectivity index is 1.49. The number of carbonyl (C=O) groups excluding carboxylic acids is 1. The molecule has 0 aromatic carbocycles. The third-order valence-electron chi connectivity index (χ3n) is 4.26. The van der Waals surface area contributed by atoms with Crippen molar-refractivity contribution in [3.63, 3.8) is 0 Å². The molecule has 1 amide bonds. The van der Waals surface area contributed by atoms with Crippen molar-refractivity contribution in [2.24, 2.45) is 0 Å². The average molecular weight is 399 g/mol. The lowest BCUT2D eigenvalue weighted by molar-refractivity contribution is -0.184. The van der Waals surface area contributed by atoms with Gasteiger partial charge in [0.25, 0.3) is 0 Å². The predicted octanol–water partition coefficient (Wildman–Crippen LogP) is 0.412. The first-order chi connectivity index (χ1) is 13.4. The third kappa shape index (κ3) is 5.45. The number of aryl methyl sites for hydroxylation is 1. The van der Waals surface area contributed by atoms with Crippen LogP contribution in [-0.2, 0) is 11.2 Å². The second-order valence-electron chi connectivity index (χ2n) is 6.23. The number of halogens is 3. The standard InChI is InChI=1S/C16H20F3N7O2/c17-16(18,19)11(26-8-6-20-7-9-26)10-23-12(27)2-3-13-24-15(25-28-13)14-21-4-1-5-22-14/h1,4-5,11,20H,2-3,6-10H2,(H,23,27). The molecule has 2 aromatic heterocycles. The normalized spacial score (nSPS) is 16.7. The lowest BCUT2D eigenvalue weighted by Gasteiger charge is -2.35. The van der Waals surface area contributed by atoms with Gasteiger partial charge in [-0.1, -0.05) is 5.16 Å². The first kappa shape index (κ1) is 20.1. The Kier molecular flexibility index (Phi) is 6.52. The van der Waals surface area contributed by atoms with Gasteiger partial charge in [-0.2, -0.15) is 18.2 Å². The van der Waals surface area contributed by atoms with Crippen molar-refractivity contribution >= 4 is 5.91 Å². The first-order valence-corrected chi connectivity index (χ1v) is 8.81. The van der Waals surface area contributed by atoms with Crippen molar-refractivity contribution in [2.75, 3.05) is 32.7 Å². The van der Waals surface area contributed by atoms with E-state index in [0.29, 0.717) is 13.1 Å². The van der Waals surface area contributed by atoms with Gasteiger partial charge in [-0.3, -0.25) is 9.69 Å². The van der Waals surface area contributed by atoms with Crippen LogP contribution in [0, 0.1) is 0 Å². The van der Waals surface area contributed by atoms with Crippen molar-refractivity contribution < 1.29 is 22.5 Å². The van der Waals surface area contributed by atoms with E-state index in [-0.39, 0.29) is 43.5 Å². The summed E-state index contributed by atoms with van der Waals surface area (Å²) in [4.78, 5) is 25.4. The molecule has 152 valence electrons. The van der Waals surface area contributed by atoms with E-state index in [9.17, 15) is 18.0 Å². The van der Waals surface area contributed by atoms with Crippen LogP contribution < -0.4 is 10.6 Å². The summed E-state index contributed by atoms with van der Waals surface area (Å²) in [5.74, 6) is 0.144. The minimum Gasteiger partial charge on any atom is -0.354 e. The number of nitrogens with one attached hydrogen (secondary N) is 2. The zero-order chi connectivity index (χ0) is 20.0. The summed E-state index contributed by atoms with van der Waals surface area (Å²) in [6.45, 7) is 1.06. The van der Waals surface area contributed by atoms with Crippen molar-refractivity contribution in [1.29, 1.82) is 0 Å². The van der Waals surface area contributed by atoms with Crippen LogP contribution in [0.1, 0.15) is 12.3 Å². The number of nitrogens with zero attached hydrogens (tertiary/aromatic N) is 5. The first-order valence-electron chi connectivity index (χ1n) is 8.81. The van der Waals surface area contributed by atoms with Gasteiger partial charge >= 0.3 is 6.18 Å². The summed E-state index contributed by atoms with van der Waals surface area (Å²) in [7, 11) is 0. The molecule has 1 aliphatic rings. The summed E-state index contributed by atoms with van der Waals surface area (Å²) in [5.41, 5.74) is 0. The smallest absolute Gasteiger partial charge is 0.354 e. The fourth-order valence-corrected chi connectivity index (χ4v) is 2.83. The molecule has 1 aliphatic heterocycles.